The summed E-state index contributed by atoms with van der Waals surface area (Å²) in [7, 11) is 5.09. The Kier molecular flexibility index (Phi) is 12.8. The molecule has 6 rings (SSSR count). The molecule has 2 radical (unpaired) electrons. The molecule has 2 aromatic rings. The largest absolute Gasteiger partial charge is 0.493 e. The molecule has 2 amide bonds. The van der Waals surface area contributed by atoms with Gasteiger partial charge in [-0.05, 0) is 68.2 Å². The van der Waals surface area contributed by atoms with Crippen molar-refractivity contribution in [2.45, 2.75) is 98.7 Å². The molecule has 0 aliphatic carbocycles. The maximum Gasteiger partial charge on any atom is 0.260 e. The molecule has 3 atom stereocenters. The molecule has 0 bridgehead atoms. The van der Waals surface area contributed by atoms with Crippen molar-refractivity contribution in [2.75, 3.05) is 46.0 Å². The van der Waals surface area contributed by atoms with E-state index in [4.69, 9.17) is 18.9 Å². The van der Waals surface area contributed by atoms with Crippen LogP contribution in [0.5, 0.6) is 23.0 Å². The normalized spacial score (nSPS) is 20.4. The van der Waals surface area contributed by atoms with Crippen molar-refractivity contribution >= 4 is 45.7 Å². The highest BCUT2D eigenvalue weighted by molar-refractivity contribution is 6.22. The van der Waals surface area contributed by atoms with Crippen LogP contribution in [0.4, 0.5) is 11.4 Å². The molecule has 290 valence electrons. The van der Waals surface area contributed by atoms with Crippen LogP contribution in [0.15, 0.2) is 51.7 Å². The van der Waals surface area contributed by atoms with Gasteiger partial charge in [0, 0.05) is 31.6 Å². The number of likely N-dealkylation sites (N-methyl/N-ethyl adjacent to an activating group) is 1. The van der Waals surface area contributed by atoms with E-state index >= 15 is 0 Å². The van der Waals surface area contributed by atoms with Crippen molar-refractivity contribution in [1.82, 2.24) is 9.80 Å². The summed E-state index contributed by atoms with van der Waals surface area (Å²) in [6.07, 6.45) is 9.74. The van der Waals surface area contributed by atoms with Gasteiger partial charge in [-0.25, -0.2) is 0 Å². The molecule has 0 saturated heterocycles. The second-order valence-corrected chi connectivity index (χ2v) is 16.8. The minimum atomic E-state index is -0.262. The van der Waals surface area contributed by atoms with E-state index in [-0.39, 0.29) is 47.4 Å². The smallest absolute Gasteiger partial charge is 0.260 e. The van der Waals surface area contributed by atoms with Gasteiger partial charge in [-0.1, -0.05) is 47.1 Å². The quantitative estimate of drug-likeness (QED) is 0.212. The Hall–Kier alpha value is -3.98. The summed E-state index contributed by atoms with van der Waals surface area (Å²) in [6.45, 7) is 15.7. The molecule has 4 aliphatic heterocycles. The Morgan fingerprint density at radius 3 is 2.13 bits per heavy atom. The number of carbonyl (C=O) groups is 2. The topological polar surface area (TPSA) is 113 Å². The fourth-order valence-corrected chi connectivity index (χ4v) is 7.84. The van der Waals surface area contributed by atoms with Crippen LogP contribution in [0, 0.1) is 10.8 Å². The standard InChI is InChI=1S/C40H51N4O7.C2H6.Al/c1-25-16-26-21-41-29-19-35(33(48-7)17-27(29)37(46)44(26)22-25)51-24-40(4,5)12-11-39(2,3)13-15-50-36-20-31-28(18-34(36)49-8)38(47)43-14-9-10-30(43)32(23-45)42(31)6;1-2;/h14,17-22,26,30,32,45H,10-13,15-16,23-24H2,1-8H3;1-2H3;/t26?,30-,32?;;/m0../s1. The molecule has 4 heterocycles. The SMILES string of the molecule is CC.COc1cc2c(cc1OCCC(C)(C)CCC(C)(C)COc1cc3c(cc1OC)C(=O)N1C=C(C)CC1C=N3)N(C)C(CO)[C@@H]1C[C]([Al])=CN1C2=O. The number of aliphatic hydroxyl groups is 1. The van der Waals surface area contributed by atoms with E-state index in [9.17, 15) is 14.7 Å². The summed E-state index contributed by atoms with van der Waals surface area (Å²) < 4.78 is 25.1. The minimum absolute atomic E-state index is 0.0328. The fraction of sp³-hybridized carbons (Fsp3) is 0.548. The Labute approximate surface area is 329 Å². The van der Waals surface area contributed by atoms with Gasteiger partial charge in [-0.3, -0.25) is 14.6 Å². The van der Waals surface area contributed by atoms with Crippen molar-refractivity contribution in [2.24, 2.45) is 15.8 Å². The molecular weight excluding hydrogens is 699 g/mol. The maximum absolute atomic E-state index is 13.7. The van der Waals surface area contributed by atoms with Gasteiger partial charge in [0.15, 0.2) is 39.3 Å². The lowest BCUT2D eigenvalue weighted by Crippen LogP contribution is -2.48. The number of aliphatic imine (C=N–C) groups is 1. The van der Waals surface area contributed by atoms with Crippen LogP contribution in [0.1, 0.15) is 101 Å². The van der Waals surface area contributed by atoms with Gasteiger partial charge in [0.25, 0.3) is 11.8 Å². The number of hydrogen-bond acceptors (Lipinski definition) is 9. The monoisotopic (exact) mass is 756 g/mol. The van der Waals surface area contributed by atoms with Gasteiger partial charge >= 0.3 is 0 Å². The number of anilines is 1. The van der Waals surface area contributed by atoms with E-state index < -0.39 is 0 Å². The van der Waals surface area contributed by atoms with Crippen LogP contribution in [0.3, 0.4) is 0 Å². The molecule has 0 fully saturated rings. The van der Waals surface area contributed by atoms with E-state index in [2.05, 4.69) is 49.0 Å². The molecule has 4 aliphatic rings. The molecule has 11 nitrogen and oxygen atoms in total. The van der Waals surface area contributed by atoms with Crippen molar-refractivity contribution < 1.29 is 33.6 Å². The third kappa shape index (κ3) is 8.61. The van der Waals surface area contributed by atoms with Crippen LogP contribution in [0.2, 0.25) is 0 Å². The number of fused-ring (bicyclic) bond motifs is 4. The average Bonchev–Trinajstić information content (AvgIpc) is 3.68. The second-order valence-electron chi connectivity index (χ2n) is 16.0. The van der Waals surface area contributed by atoms with Gasteiger partial charge in [-0.2, -0.15) is 0 Å². The first-order chi connectivity index (χ1) is 25.6. The third-order valence-corrected chi connectivity index (χ3v) is 11.3. The minimum Gasteiger partial charge on any atom is -0.493 e. The molecule has 12 heteroatoms. The molecular formula is C42H57AlN4O7. The predicted molar refractivity (Wildman–Crippen MR) is 214 cm³/mol. The Morgan fingerprint density at radius 2 is 1.46 bits per heavy atom. The van der Waals surface area contributed by atoms with E-state index in [0.717, 1.165) is 35.7 Å². The van der Waals surface area contributed by atoms with Crippen LogP contribution in [-0.4, -0.2) is 108 Å². The summed E-state index contributed by atoms with van der Waals surface area (Å²) in [6, 6.07) is 6.69. The lowest BCUT2D eigenvalue weighted by Gasteiger charge is -2.34. The molecule has 0 aromatic heterocycles. The van der Waals surface area contributed by atoms with Gasteiger partial charge in [-0.15, -0.1) is 4.44 Å². The van der Waals surface area contributed by atoms with Crippen LogP contribution < -0.4 is 23.8 Å². The Balaban J connectivity index is 0.00000276. The van der Waals surface area contributed by atoms with Crippen molar-refractivity contribution in [3.63, 3.8) is 0 Å². The zero-order chi connectivity index (χ0) is 39.5. The summed E-state index contributed by atoms with van der Waals surface area (Å²) >= 11 is 2.69. The molecule has 2 aromatic carbocycles. The van der Waals surface area contributed by atoms with E-state index in [1.807, 2.05) is 63.5 Å². The summed E-state index contributed by atoms with van der Waals surface area (Å²) in [5, 5.41) is 10.4. The van der Waals surface area contributed by atoms with Gasteiger partial charge < -0.3 is 38.8 Å². The highest BCUT2D eigenvalue weighted by Gasteiger charge is 2.41. The number of ether oxygens (including phenoxy) is 4. The van der Waals surface area contributed by atoms with E-state index in [1.54, 1.807) is 36.2 Å². The number of rotatable bonds is 13. The molecule has 1 N–H and O–H groups in total. The van der Waals surface area contributed by atoms with Crippen molar-refractivity contribution in [1.29, 1.82) is 0 Å². The van der Waals surface area contributed by atoms with Gasteiger partial charge in [0.05, 0.1) is 74.7 Å². The average molecular weight is 757 g/mol. The summed E-state index contributed by atoms with van der Waals surface area (Å²) in [5.74, 6) is 1.95. The van der Waals surface area contributed by atoms with E-state index in [1.165, 1.54) is 0 Å². The number of nitrogens with zero attached hydrogens (tertiary/aromatic N) is 4. The number of hydrogen-bond donors (Lipinski definition) is 1. The number of methoxy groups -OCH3 is 2. The van der Waals surface area contributed by atoms with E-state index in [0.29, 0.717) is 65.1 Å². The number of amides is 2. The summed E-state index contributed by atoms with van der Waals surface area (Å²) in [5.41, 5.74) is 3.29. The van der Waals surface area contributed by atoms with Gasteiger partial charge in [0.1, 0.15) is 0 Å². The third-order valence-electron chi connectivity index (χ3n) is 10.9. The maximum atomic E-state index is 13.7. The first-order valence-electron chi connectivity index (χ1n) is 19.0. The number of carbonyl (C=O) groups excluding carboxylic acids is 2. The van der Waals surface area contributed by atoms with Crippen molar-refractivity contribution in [3.8, 4) is 23.0 Å². The van der Waals surface area contributed by atoms with Crippen LogP contribution in [0.25, 0.3) is 0 Å². The highest BCUT2D eigenvalue weighted by atomic mass is 27.0. The molecule has 2 unspecified atom stereocenters. The Morgan fingerprint density at radius 1 is 0.833 bits per heavy atom. The van der Waals surface area contributed by atoms with Crippen LogP contribution in [-0.2, 0) is 0 Å². The van der Waals surface area contributed by atoms with Gasteiger partial charge in [0.2, 0.25) is 0 Å². The zero-order valence-electron chi connectivity index (χ0n) is 33.7. The summed E-state index contributed by atoms with van der Waals surface area (Å²) in [4.78, 5) is 37.2. The van der Waals surface area contributed by atoms with Crippen LogP contribution >= 0.6 is 0 Å². The lowest BCUT2D eigenvalue weighted by molar-refractivity contribution is 0.0758. The zero-order valence-corrected chi connectivity index (χ0v) is 34.8. The fourth-order valence-electron chi connectivity index (χ4n) is 7.44. The first kappa shape index (κ1) is 41.2. The highest BCUT2D eigenvalue weighted by Crippen LogP contribution is 2.43. The van der Waals surface area contributed by atoms with Crippen molar-refractivity contribution in [3.05, 3.63) is 57.8 Å². The molecule has 0 spiro atoms. The molecule has 54 heavy (non-hydrogen) atoms. The Bertz CT molecular complexity index is 1820. The molecule has 0 saturated carbocycles. The lowest BCUT2D eigenvalue weighted by atomic mass is 9.78. The first-order valence-corrected chi connectivity index (χ1v) is 19.6. The number of aliphatic hydroxyl groups excluding tert-OH is 1. The number of benzene rings is 2. The predicted octanol–water partition coefficient (Wildman–Crippen LogP) is 7.28. The second kappa shape index (κ2) is 16.8.